The molecule has 0 radical (unpaired) electrons. The Morgan fingerprint density at radius 3 is 2.94 bits per heavy atom. The van der Waals surface area contributed by atoms with Gasteiger partial charge < -0.3 is 14.6 Å². The number of anilines is 1. The van der Waals surface area contributed by atoms with E-state index in [0.717, 1.165) is 30.4 Å². The van der Waals surface area contributed by atoms with Crippen LogP contribution in [0.5, 0.6) is 0 Å². The Morgan fingerprint density at radius 1 is 1.44 bits per heavy atom. The van der Waals surface area contributed by atoms with Crippen LogP contribution in [-0.2, 0) is 11.3 Å². The van der Waals surface area contributed by atoms with Gasteiger partial charge in [0.05, 0.1) is 30.1 Å². The maximum atomic E-state index is 5.03. The predicted molar refractivity (Wildman–Crippen MR) is 73.3 cm³/mol. The number of nitrogens with one attached hydrogen (secondary N) is 1. The zero-order valence-corrected chi connectivity index (χ0v) is 11.8. The molecule has 0 aliphatic rings. The summed E-state index contributed by atoms with van der Waals surface area (Å²) in [7, 11) is 1.69. The van der Waals surface area contributed by atoms with Gasteiger partial charge in [0.2, 0.25) is 5.95 Å². The van der Waals surface area contributed by atoms with Crippen molar-refractivity contribution in [1.29, 1.82) is 0 Å². The molecule has 2 heterocycles. The first-order chi connectivity index (χ1) is 8.70. The SMILES string of the molecule is COCCNc1nc(C)cn1Cc1scnc1C. The van der Waals surface area contributed by atoms with E-state index in [4.69, 9.17) is 4.74 Å². The van der Waals surface area contributed by atoms with Crippen molar-refractivity contribution in [3.63, 3.8) is 0 Å². The Kier molecular flexibility index (Phi) is 4.33. The van der Waals surface area contributed by atoms with Gasteiger partial charge in [0, 0.05) is 24.7 Å². The summed E-state index contributed by atoms with van der Waals surface area (Å²) >= 11 is 1.68. The number of aryl methyl sites for hydroxylation is 2. The quantitative estimate of drug-likeness (QED) is 0.813. The average molecular weight is 266 g/mol. The molecule has 1 N–H and O–H groups in total. The van der Waals surface area contributed by atoms with E-state index >= 15 is 0 Å². The number of thiazole rings is 1. The van der Waals surface area contributed by atoms with Crippen molar-refractivity contribution in [3.8, 4) is 0 Å². The first kappa shape index (κ1) is 13.0. The summed E-state index contributed by atoms with van der Waals surface area (Å²) < 4.78 is 7.14. The molecule has 6 heteroatoms. The van der Waals surface area contributed by atoms with Crippen LogP contribution in [0, 0.1) is 13.8 Å². The number of hydrogen-bond acceptors (Lipinski definition) is 5. The number of aromatic nitrogens is 3. The van der Waals surface area contributed by atoms with E-state index in [1.54, 1.807) is 18.4 Å². The summed E-state index contributed by atoms with van der Waals surface area (Å²) in [5.74, 6) is 0.886. The van der Waals surface area contributed by atoms with E-state index in [1.807, 2.05) is 25.6 Å². The lowest BCUT2D eigenvalue weighted by Crippen LogP contribution is -2.12. The zero-order chi connectivity index (χ0) is 13.0. The number of methoxy groups -OCH3 is 1. The highest BCUT2D eigenvalue weighted by molar-refractivity contribution is 7.09. The summed E-state index contributed by atoms with van der Waals surface area (Å²) in [4.78, 5) is 10.0. The van der Waals surface area contributed by atoms with Crippen LogP contribution in [0.4, 0.5) is 5.95 Å². The van der Waals surface area contributed by atoms with E-state index in [9.17, 15) is 0 Å². The molecule has 0 amide bonds. The lowest BCUT2D eigenvalue weighted by molar-refractivity contribution is 0.210. The summed E-state index contributed by atoms with van der Waals surface area (Å²) in [6.07, 6.45) is 2.05. The second-order valence-electron chi connectivity index (χ2n) is 4.11. The molecule has 2 aromatic heterocycles. The van der Waals surface area contributed by atoms with Gasteiger partial charge in [-0.1, -0.05) is 0 Å². The van der Waals surface area contributed by atoms with Gasteiger partial charge in [-0.3, -0.25) is 0 Å². The normalized spacial score (nSPS) is 10.8. The van der Waals surface area contributed by atoms with E-state index in [0.29, 0.717) is 6.61 Å². The first-order valence-electron chi connectivity index (χ1n) is 5.86. The van der Waals surface area contributed by atoms with Crippen LogP contribution in [-0.4, -0.2) is 34.8 Å². The molecule has 18 heavy (non-hydrogen) atoms. The summed E-state index contributed by atoms with van der Waals surface area (Å²) in [5.41, 5.74) is 3.98. The number of imidazole rings is 1. The average Bonchev–Trinajstić information content (AvgIpc) is 2.88. The second kappa shape index (κ2) is 5.97. The van der Waals surface area contributed by atoms with Crippen LogP contribution in [0.15, 0.2) is 11.7 Å². The molecule has 0 aliphatic carbocycles. The minimum Gasteiger partial charge on any atom is -0.383 e. The number of hydrogen-bond donors (Lipinski definition) is 1. The molecular weight excluding hydrogens is 248 g/mol. The Morgan fingerprint density at radius 2 is 2.28 bits per heavy atom. The molecule has 2 aromatic rings. The van der Waals surface area contributed by atoms with E-state index in [2.05, 4.69) is 19.9 Å². The Hall–Kier alpha value is -1.40. The summed E-state index contributed by atoms with van der Waals surface area (Å²) in [6, 6.07) is 0. The fourth-order valence-corrected chi connectivity index (χ4v) is 2.48. The van der Waals surface area contributed by atoms with Gasteiger partial charge >= 0.3 is 0 Å². The molecule has 98 valence electrons. The monoisotopic (exact) mass is 266 g/mol. The van der Waals surface area contributed by atoms with Crippen LogP contribution in [0.1, 0.15) is 16.3 Å². The predicted octanol–water partition coefficient (Wildman–Crippen LogP) is 2.06. The Bertz CT molecular complexity index is 506. The van der Waals surface area contributed by atoms with Crippen LogP contribution in [0.2, 0.25) is 0 Å². The van der Waals surface area contributed by atoms with Crippen molar-refractivity contribution < 1.29 is 4.74 Å². The largest absolute Gasteiger partial charge is 0.383 e. The molecule has 0 bridgehead atoms. The fourth-order valence-electron chi connectivity index (χ4n) is 1.71. The minimum atomic E-state index is 0.672. The number of rotatable bonds is 6. The summed E-state index contributed by atoms with van der Waals surface area (Å²) in [6.45, 7) is 6.28. The van der Waals surface area contributed by atoms with Crippen molar-refractivity contribution in [2.75, 3.05) is 25.6 Å². The van der Waals surface area contributed by atoms with E-state index in [-0.39, 0.29) is 0 Å². The zero-order valence-electron chi connectivity index (χ0n) is 10.9. The van der Waals surface area contributed by atoms with E-state index in [1.165, 1.54) is 4.88 Å². The van der Waals surface area contributed by atoms with Crippen LogP contribution >= 0.6 is 11.3 Å². The third-order valence-electron chi connectivity index (χ3n) is 2.65. The third-order valence-corrected chi connectivity index (χ3v) is 3.56. The van der Waals surface area contributed by atoms with Crippen molar-refractivity contribution in [2.24, 2.45) is 0 Å². The van der Waals surface area contributed by atoms with Crippen molar-refractivity contribution in [3.05, 3.63) is 28.0 Å². The number of ether oxygens (including phenoxy) is 1. The van der Waals surface area contributed by atoms with Crippen molar-refractivity contribution in [2.45, 2.75) is 20.4 Å². The Balaban J connectivity index is 2.09. The van der Waals surface area contributed by atoms with Gasteiger partial charge in [-0.2, -0.15) is 0 Å². The van der Waals surface area contributed by atoms with Gasteiger partial charge in [0.1, 0.15) is 0 Å². The highest BCUT2D eigenvalue weighted by Gasteiger charge is 2.08. The second-order valence-corrected chi connectivity index (χ2v) is 5.05. The van der Waals surface area contributed by atoms with Gasteiger partial charge in [-0.15, -0.1) is 11.3 Å². The third kappa shape index (κ3) is 3.08. The maximum Gasteiger partial charge on any atom is 0.203 e. The van der Waals surface area contributed by atoms with Gasteiger partial charge in [-0.05, 0) is 13.8 Å². The number of nitrogens with zero attached hydrogens (tertiary/aromatic N) is 3. The topological polar surface area (TPSA) is 52.0 Å². The summed E-state index contributed by atoms with van der Waals surface area (Å²) in [5, 5.41) is 3.28. The standard InChI is InChI=1S/C12H18N4OS/c1-9-6-16(7-11-10(2)14-8-18-11)12(15-9)13-4-5-17-3/h6,8H,4-5,7H2,1-3H3,(H,13,15). The molecule has 0 aromatic carbocycles. The van der Waals surface area contributed by atoms with Crippen molar-refractivity contribution >= 4 is 17.3 Å². The highest BCUT2D eigenvalue weighted by atomic mass is 32.1. The van der Waals surface area contributed by atoms with Gasteiger partial charge in [0.15, 0.2) is 0 Å². The van der Waals surface area contributed by atoms with Crippen LogP contribution < -0.4 is 5.32 Å². The lowest BCUT2D eigenvalue weighted by atomic mass is 10.4. The highest BCUT2D eigenvalue weighted by Crippen LogP contribution is 2.17. The van der Waals surface area contributed by atoms with Crippen LogP contribution in [0.25, 0.3) is 0 Å². The molecular formula is C12H18N4OS. The fraction of sp³-hybridized carbons (Fsp3) is 0.500. The molecule has 0 atom stereocenters. The molecule has 0 saturated heterocycles. The van der Waals surface area contributed by atoms with Gasteiger partial charge in [0.25, 0.3) is 0 Å². The maximum absolute atomic E-state index is 5.03. The molecule has 0 unspecified atom stereocenters. The lowest BCUT2D eigenvalue weighted by Gasteiger charge is -2.08. The van der Waals surface area contributed by atoms with Gasteiger partial charge in [-0.25, -0.2) is 9.97 Å². The molecule has 0 aliphatic heterocycles. The van der Waals surface area contributed by atoms with Crippen LogP contribution in [0.3, 0.4) is 0 Å². The van der Waals surface area contributed by atoms with Crippen molar-refractivity contribution in [1.82, 2.24) is 14.5 Å². The van der Waals surface area contributed by atoms with E-state index < -0.39 is 0 Å². The molecule has 0 spiro atoms. The first-order valence-corrected chi connectivity index (χ1v) is 6.74. The molecule has 0 saturated carbocycles. The molecule has 5 nitrogen and oxygen atoms in total. The molecule has 2 rings (SSSR count). The Labute approximate surface area is 111 Å². The smallest absolute Gasteiger partial charge is 0.203 e. The molecule has 0 fully saturated rings. The minimum absolute atomic E-state index is 0.672.